The van der Waals surface area contributed by atoms with Gasteiger partial charge in [-0.3, -0.25) is 4.79 Å². The van der Waals surface area contributed by atoms with E-state index in [2.05, 4.69) is 16.9 Å². The predicted molar refractivity (Wildman–Crippen MR) is 122 cm³/mol. The first-order chi connectivity index (χ1) is 14.5. The van der Waals surface area contributed by atoms with E-state index in [-0.39, 0.29) is 5.91 Å². The van der Waals surface area contributed by atoms with Crippen molar-refractivity contribution in [3.05, 3.63) is 69.1 Å². The lowest BCUT2D eigenvalue weighted by Gasteiger charge is -2.31. The van der Waals surface area contributed by atoms with Crippen LogP contribution in [0.3, 0.4) is 0 Å². The van der Waals surface area contributed by atoms with E-state index in [1.165, 1.54) is 11.3 Å². The van der Waals surface area contributed by atoms with Crippen molar-refractivity contribution in [1.82, 2.24) is 14.8 Å². The molecular weight excluding hydrogens is 441 g/mol. The van der Waals surface area contributed by atoms with Gasteiger partial charge in [-0.1, -0.05) is 41.4 Å². The fourth-order valence-corrected chi connectivity index (χ4v) is 4.54. The minimum atomic E-state index is -0.0265. The lowest BCUT2D eigenvalue weighted by atomic mass is 10.2. The molecule has 0 saturated carbocycles. The number of hydrogen-bond acceptors (Lipinski definition) is 5. The van der Waals surface area contributed by atoms with Crippen molar-refractivity contribution < 1.29 is 9.53 Å². The number of thiazole rings is 1. The number of carbonyl (C=O) groups is 1. The number of amides is 1. The molecule has 0 atom stereocenters. The highest BCUT2D eigenvalue weighted by Gasteiger charge is 2.23. The fraction of sp³-hybridized carbons (Fsp3) is 0.273. The molecule has 1 saturated heterocycles. The third kappa shape index (κ3) is 4.78. The molecule has 2 heterocycles. The maximum atomic E-state index is 12.7. The molecule has 1 amide bonds. The summed E-state index contributed by atoms with van der Waals surface area (Å²) in [5.74, 6) is 0.621. The molecule has 8 heteroatoms. The molecule has 1 aliphatic heterocycles. The van der Waals surface area contributed by atoms with Crippen molar-refractivity contribution >= 4 is 40.4 Å². The maximum Gasteiger partial charge on any atom is 0.273 e. The number of aromatic nitrogens is 1. The van der Waals surface area contributed by atoms with Gasteiger partial charge in [0.2, 0.25) is 0 Å². The number of ether oxygens (including phenoxy) is 1. The Morgan fingerprint density at radius 1 is 1.10 bits per heavy atom. The van der Waals surface area contributed by atoms with Crippen LogP contribution in [0.2, 0.25) is 10.0 Å². The summed E-state index contributed by atoms with van der Waals surface area (Å²) in [5, 5.41) is 3.71. The smallest absolute Gasteiger partial charge is 0.273 e. The molecule has 4 rings (SSSR count). The van der Waals surface area contributed by atoms with Gasteiger partial charge in [-0.25, -0.2) is 4.98 Å². The van der Waals surface area contributed by atoms with Gasteiger partial charge in [0.05, 0.1) is 5.02 Å². The summed E-state index contributed by atoms with van der Waals surface area (Å²) in [6, 6.07) is 13.0. The van der Waals surface area contributed by atoms with Gasteiger partial charge >= 0.3 is 0 Å². The quantitative estimate of drug-likeness (QED) is 0.531. The number of carbonyl (C=O) groups excluding carboxylic acids is 1. The second kappa shape index (κ2) is 9.35. The van der Waals surface area contributed by atoms with Crippen LogP contribution < -0.4 is 4.74 Å². The largest absolute Gasteiger partial charge is 0.489 e. The van der Waals surface area contributed by atoms with Crippen LogP contribution in [0.5, 0.6) is 5.75 Å². The van der Waals surface area contributed by atoms with Gasteiger partial charge in [0.1, 0.15) is 23.1 Å². The van der Waals surface area contributed by atoms with Gasteiger partial charge in [0, 0.05) is 47.7 Å². The molecule has 5 nitrogen and oxygen atoms in total. The summed E-state index contributed by atoms with van der Waals surface area (Å²) in [6.45, 7) is 3.56. The Labute approximate surface area is 189 Å². The topological polar surface area (TPSA) is 45.7 Å². The molecule has 0 N–H and O–H groups in total. The van der Waals surface area contributed by atoms with E-state index in [4.69, 9.17) is 27.9 Å². The monoisotopic (exact) mass is 461 g/mol. The summed E-state index contributed by atoms with van der Waals surface area (Å²) in [4.78, 5) is 21.3. The van der Waals surface area contributed by atoms with Crippen LogP contribution in [0.1, 0.15) is 16.1 Å². The molecule has 0 radical (unpaired) electrons. The van der Waals surface area contributed by atoms with E-state index in [0.29, 0.717) is 28.1 Å². The molecule has 0 aliphatic carbocycles. The number of benzene rings is 2. The molecule has 0 spiro atoms. The molecule has 2 aromatic carbocycles. The second-order valence-electron chi connectivity index (χ2n) is 7.16. The minimum Gasteiger partial charge on any atom is -0.489 e. The number of likely N-dealkylation sites (N-methyl/N-ethyl adjacent to an activating group) is 1. The van der Waals surface area contributed by atoms with Crippen molar-refractivity contribution in [3.63, 3.8) is 0 Å². The van der Waals surface area contributed by atoms with E-state index < -0.39 is 0 Å². The Morgan fingerprint density at radius 2 is 1.87 bits per heavy atom. The lowest BCUT2D eigenvalue weighted by Crippen LogP contribution is -2.47. The summed E-state index contributed by atoms with van der Waals surface area (Å²) in [7, 11) is 2.06. The first kappa shape index (κ1) is 21.1. The molecule has 3 aromatic rings. The van der Waals surface area contributed by atoms with Gasteiger partial charge in [0.15, 0.2) is 0 Å². The van der Waals surface area contributed by atoms with Crippen LogP contribution in [0, 0.1) is 0 Å². The van der Waals surface area contributed by atoms with Gasteiger partial charge in [0.25, 0.3) is 5.91 Å². The number of nitrogens with zero attached hydrogens (tertiary/aromatic N) is 3. The van der Waals surface area contributed by atoms with Crippen LogP contribution in [0.25, 0.3) is 10.6 Å². The first-order valence-corrected chi connectivity index (χ1v) is 11.2. The number of hydrogen-bond donors (Lipinski definition) is 0. The minimum absolute atomic E-state index is 0.0265. The summed E-state index contributed by atoms with van der Waals surface area (Å²) < 4.78 is 5.83. The average molecular weight is 462 g/mol. The van der Waals surface area contributed by atoms with Crippen molar-refractivity contribution in [2.75, 3.05) is 33.2 Å². The van der Waals surface area contributed by atoms with Crippen LogP contribution in [-0.2, 0) is 6.61 Å². The van der Waals surface area contributed by atoms with E-state index in [1.54, 1.807) is 11.4 Å². The SMILES string of the molecule is CN1CCN(C(=O)c2csc(-c3ccc(OCc4ccccc4Cl)cc3Cl)n2)CC1. The predicted octanol–water partition coefficient (Wildman–Crippen LogP) is 5.08. The van der Waals surface area contributed by atoms with Gasteiger partial charge < -0.3 is 14.5 Å². The molecule has 1 fully saturated rings. The van der Waals surface area contributed by atoms with E-state index >= 15 is 0 Å². The van der Waals surface area contributed by atoms with E-state index in [1.807, 2.05) is 41.3 Å². The van der Waals surface area contributed by atoms with E-state index in [0.717, 1.165) is 42.3 Å². The Hall–Kier alpha value is -2.12. The third-order valence-corrected chi connectivity index (χ3v) is 6.59. The molecule has 1 aromatic heterocycles. The molecule has 0 unspecified atom stereocenters. The Kier molecular flexibility index (Phi) is 6.58. The standard InChI is InChI=1S/C22H21Cl2N3O2S/c1-26-8-10-27(11-9-26)22(28)20-14-30-21(25-20)17-7-6-16(12-19(17)24)29-13-15-4-2-3-5-18(15)23/h2-7,12,14H,8-11,13H2,1H3. The number of rotatable bonds is 5. The zero-order chi connectivity index (χ0) is 21.1. The summed E-state index contributed by atoms with van der Waals surface area (Å²) in [5.41, 5.74) is 2.16. The van der Waals surface area contributed by atoms with Crippen LogP contribution >= 0.6 is 34.5 Å². The zero-order valence-electron chi connectivity index (χ0n) is 16.5. The number of halogens is 2. The molecule has 0 bridgehead atoms. The molecule has 1 aliphatic rings. The highest BCUT2D eigenvalue weighted by atomic mass is 35.5. The zero-order valence-corrected chi connectivity index (χ0v) is 18.8. The second-order valence-corrected chi connectivity index (χ2v) is 8.83. The van der Waals surface area contributed by atoms with Gasteiger partial charge in [-0.2, -0.15) is 0 Å². The maximum absolute atomic E-state index is 12.7. The van der Waals surface area contributed by atoms with Crippen LogP contribution in [-0.4, -0.2) is 53.9 Å². The Morgan fingerprint density at radius 3 is 2.60 bits per heavy atom. The molecular formula is C22H21Cl2N3O2S. The summed E-state index contributed by atoms with van der Waals surface area (Å²) >= 11 is 14.1. The highest BCUT2D eigenvalue weighted by molar-refractivity contribution is 7.13. The van der Waals surface area contributed by atoms with Crippen molar-refractivity contribution in [2.45, 2.75) is 6.61 Å². The summed E-state index contributed by atoms with van der Waals surface area (Å²) in [6.07, 6.45) is 0. The number of piperazine rings is 1. The lowest BCUT2D eigenvalue weighted by molar-refractivity contribution is 0.0659. The average Bonchev–Trinajstić information content (AvgIpc) is 3.23. The Bertz CT molecular complexity index is 1050. The Balaban J connectivity index is 1.44. The van der Waals surface area contributed by atoms with Crippen LogP contribution in [0.4, 0.5) is 0 Å². The van der Waals surface area contributed by atoms with Crippen LogP contribution in [0.15, 0.2) is 47.8 Å². The molecule has 30 heavy (non-hydrogen) atoms. The normalized spacial score (nSPS) is 14.7. The van der Waals surface area contributed by atoms with Gasteiger partial charge in [-0.05, 0) is 31.3 Å². The van der Waals surface area contributed by atoms with Crippen molar-refractivity contribution in [1.29, 1.82) is 0 Å². The van der Waals surface area contributed by atoms with Crippen molar-refractivity contribution in [2.24, 2.45) is 0 Å². The van der Waals surface area contributed by atoms with Crippen molar-refractivity contribution in [3.8, 4) is 16.3 Å². The third-order valence-electron chi connectivity index (χ3n) is 5.04. The highest BCUT2D eigenvalue weighted by Crippen LogP contribution is 2.34. The first-order valence-electron chi connectivity index (χ1n) is 9.61. The van der Waals surface area contributed by atoms with E-state index in [9.17, 15) is 4.79 Å². The van der Waals surface area contributed by atoms with Gasteiger partial charge in [-0.15, -0.1) is 11.3 Å². The molecule has 156 valence electrons. The fourth-order valence-electron chi connectivity index (χ4n) is 3.20.